The zero-order valence-electron chi connectivity index (χ0n) is 19.7. The van der Waals surface area contributed by atoms with Crippen LogP contribution in [0.1, 0.15) is 5.56 Å². The third-order valence-corrected chi connectivity index (χ3v) is 5.64. The fraction of sp³-hybridized carbons (Fsp3) is 0.0345. The Kier molecular flexibility index (Phi) is 8.25. The van der Waals surface area contributed by atoms with Crippen molar-refractivity contribution in [1.29, 1.82) is 0 Å². The molecule has 0 aliphatic carbocycles. The molecule has 0 aliphatic rings. The molecule has 8 heteroatoms. The van der Waals surface area contributed by atoms with Crippen molar-refractivity contribution in [3.8, 4) is 33.6 Å². The topological polar surface area (TPSA) is 135 Å². The first-order chi connectivity index (χ1) is 17.8. The highest BCUT2D eigenvalue weighted by atomic mass is 35.7. The maximum absolute atomic E-state index is 8.49. The number of nitrogens with two attached hydrogens (primary N) is 1. The van der Waals surface area contributed by atoms with Gasteiger partial charge in [-0.3, -0.25) is 4.98 Å². The molecule has 2 heterocycles. The molecular weight excluding hydrogens is 490 g/mol. The van der Waals surface area contributed by atoms with E-state index in [1.165, 1.54) is 5.56 Å². The second kappa shape index (κ2) is 11.7. The molecule has 0 spiro atoms. The van der Waals surface area contributed by atoms with E-state index in [1.54, 1.807) is 6.20 Å². The number of nitrogen functional groups attached to an aromatic ring is 1. The van der Waals surface area contributed by atoms with Crippen LogP contribution in [0.4, 0.5) is 5.69 Å². The van der Waals surface area contributed by atoms with Gasteiger partial charge >= 0.3 is 0 Å². The normalized spacial score (nSPS) is 10.9. The zero-order chi connectivity index (χ0) is 26.3. The molecule has 5 rings (SSSR count). The van der Waals surface area contributed by atoms with E-state index < -0.39 is 10.2 Å². The molecule has 5 aromatic rings. The van der Waals surface area contributed by atoms with Crippen molar-refractivity contribution in [2.75, 3.05) is 5.73 Å². The largest absolute Gasteiger partial charge is 0.398 e. The Labute approximate surface area is 217 Å². The number of rotatable bonds is 5. The molecule has 2 aromatic heterocycles. The molecule has 0 saturated heterocycles. The van der Waals surface area contributed by atoms with Crippen LogP contribution >= 0.6 is 0 Å². The highest BCUT2D eigenvalue weighted by molar-refractivity contribution is 5.78. The standard InChI is InChI=1S/C29H23N3.ClHO4/c30-27-16-8-7-15-26(27)29-19-25(23-11-3-1-4-12-23)18-28(24-13-5-2-6-14-24)32(29)21-22-10-9-17-31-20-22;2-1(3,4)5/h1-20,30H,21H2;(H,2,3,4,5). The van der Waals surface area contributed by atoms with Crippen molar-refractivity contribution in [2.24, 2.45) is 0 Å². The molecule has 3 aromatic carbocycles. The molecule has 7 nitrogen and oxygen atoms in total. The summed E-state index contributed by atoms with van der Waals surface area (Å²) in [5.74, 6) is 0. The number of hydrogen-bond acceptors (Lipinski definition) is 6. The fourth-order valence-electron chi connectivity index (χ4n) is 4.07. The predicted molar refractivity (Wildman–Crippen MR) is 131 cm³/mol. The predicted octanol–water partition coefficient (Wildman–Crippen LogP) is 1.24. The van der Waals surface area contributed by atoms with E-state index >= 15 is 0 Å². The molecule has 2 N–H and O–H groups in total. The molecule has 0 fully saturated rings. The van der Waals surface area contributed by atoms with Crippen LogP contribution in [-0.4, -0.2) is 4.98 Å². The van der Waals surface area contributed by atoms with Gasteiger partial charge in [0.15, 0.2) is 6.54 Å². The molecule has 0 aliphatic heterocycles. The number of anilines is 1. The minimum atomic E-state index is -4.94. The number of para-hydroxylation sites is 1. The lowest BCUT2D eigenvalue weighted by Crippen LogP contribution is -2.68. The number of aromatic nitrogens is 2. The van der Waals surface area contributed by atoms with Gasteiger partial charge in [-0.05, 0) is 47.5 Å². The average Bonchev–Trinajstić information content (AvgIpc) is 2.90. The van der Waals surface area contributed by atoms with Gasteiger partial charge in [0.2, 0.25) is 11.4 Å². The first kappa shape index (κ1) is 26.0. The van der Waals surface area contributed by atoms with Crippen LogP contribution in [0.15, 0.2) is 122 Å². The summed E-state index contributed by atoms with van der Waals surface area (Å²) in [7, 11) is -4.94. The van der Waals surface area contributed by atoms with Crippen LogP contribution in [0.2, 0.25) is 0 Å². The molecule has 0 atom stereocenters. The van der Waals surface area contributed by atoms with Crippen LogP contribution in [0, 0.1) is 10.2 Å². The summed E-state index contributed by atoms with van der Waals surface area (Å²) >= 11 is 0. The van der Waals surface area contributed by atoms with Gasteiger partial charge in [-0.1, -0.05) is 60.7 Å². The molecule has 37 heavy (non-hydrogen) atoms. The Morgan fingerprint density at radius 1 is 0.649 bits per heavy atom. The number of pyridine rings is 2. The van der Waals surface area contributed by atoms with Crippen molar-refractivity contribution in [3.05, 3.63) is 127 Å². The average molecular weight is 514 g/mol. The molecule has 186 valence electrons. The molecular formula is C29H24ClN3O4. The van der Waals surface area contributed by atoms with Crippen molar-refractivity contribution in [2.45, 2.75) is 6.54 Å². The quantitative estimate of drug-likeness (QED) is 0.277. The van der Waals surface area contributed by atoms with Gasteiger partial charge in [-0.25, -0.2) is 18.6 Å². The van der Waals surface area contributed by atoms with Crippen LogP contribution < -0.4 is 28.9 Å². The minimum Gasteiger partial charge on any atom is -0.398 e. The molecule has 0 bridgehead atoms. The van der Waals surface area contributed by atoms with Crippen molar-refractivity contribution in [3.63, 3.8) is 0 Å². The second-order valence-corrected chi connectivity index (χ2v) is 8.92. The Balaban J connectivity index is 0.000000586. The second-order valence-electron chi connectivity index (χ2n) is 8.16. The van der Waals surface area contributed by atoms with Gasteiger partial charge in [0.05, 0.1) is 5.56 Å². The minimum absolute atomic E-state index is 0.691. The number of hydrogen-bond donors (Lipinski definition) is 1. The van der Waals surface area contributed by atoms with E-state index in [9.17, 15) is 0 Å². The first-order valence-electron chi connectivity index (χ1n) is 11.3. The number of benzene rings is 3. The van der Waals surface area contributed by atoms with Crippen LogP contribution in [-0.2, 0) is 6.54 Å². The first-order valence-corrected chi connectivity index (χ1v) is 12.6. The van der Waals surface area contributed by atoms with Crippen LogP contribution in [0.5, 0.6) is 0 Å². The van der Waals surface area contributed by atoms with Crippen molar-refractivity contribution < 1.29 is 33.4 Å². The Morgan fingerprint density at radius 2 is 1.22 bits per heavy atom. The van der Waals surface area contributed by atoms with Gasteiger partial charge in [0, 0.05) is 41.3 Å². The fourth-order valence-corrected chi connectivity index (χ4v) is 4.07. The smallest absolute Gasteiger partial charge is 0.215 e. The van der Waals surface area contributed by atoms with Gasteiger partial charge in [-0.2, -0.15) is 4.57 Å². The summed E-state index contributed by atoms with van der Waals surface area (Å²) in [5.41, 5.74) is 15.1. The van der Waals surface area contributed by atoms with Crippen LogP contribution in [0.25, 0.3) is 33.6 Å². The van der Waals surface area contributed by atoms with E-state index in [4.69, 9.17) is 24.4 Å². The summed E-state index contributed by atoms with van der Waals surface area (Å²) in [5, 5.41) is 0. The summed E-state index contributed by atoms with van der Waals surface area (Å²) in [6, 6.07) is 37.7. The lowest BCUT2D eigenvalue weighted by atomic mass is 9.98. The summed E-state index contributed by atoms with van der Waals surface area (Å²) < 4.78 is 36.3. The number of halogens is 1. The van der Waals surface area contributed by atoms with Gasteiger partial charge < -0.3 is 5.73 Å². The summed E-state index contributed by atoms with van der Waals surface area (Å²) in [6.07, 6.45) is 3.73. The van der Waals surface area contributed by atoms with E-state index in [2.05, 4.69) is 82.3 Å². The SMILES string of the molecule is Nc1ccccc1-c1cc(-c2ccccc2)cc(-c2ccccc2)[n+]1Cc1cccnc1.[O-][Cl+3]([O-])([O-])[O-]. The Hall–Kier alpha value is -4.11. The van der Waals surface area contributed by atoms with Crippen LogP contribution in [0.3, 0.4) is 0 Å². The lowest BCUT2D eigenvalue weighted by molar-refractivity contribution is -2.00. The third-order valence-electron chi connectivity index (χ3n) is 5.64. The molecule has 0 saturated carbocycles. The number of nitrogens with zero attached hydrogens (tertiary/aromatic N) is 2. The van der Waals surface area contributed by atoms with E-state index in [0.29, 0.717) is 6.54 Å². The van der Waals surface area contributed by atoms with Crippen molar-refractivity contribution >= 4 is 5.69 Å². The maximum atomic E-state index is 8.49. The molecule has 0 amide bonds. The lowest BCUT2D eigenvalue weighted by Gasteiger charge is -2.17. The van der Waals surface area contributed by atoms with Gasteiger partial charge in [0.1, 0.15) is 0 Å². The maximum Gasteiger partial charge on any atom is 0.215 e. The molecule has 0 unspecified atom stereocenters. The Morgan fingerprint density at radius 3 is 1.81 bits per heavy atom. The van der Waals surface area contributed by atoms with Crippen molar-refractivity contribution in [1.82, 2.24) is 4.98 Å². The summed E-state index contributed by atoms with van der Waals surface area (Å²) in [6.45, 7) is 0.691. The van der Waals surface area contributed by atoms with E-state index in [1.807, 2.05) is 42.6 Å². The van der Waals surface area contributed by atoms with E-state index in [-0.39, 0.29) is 0 Å². The highest BCUT2D eigenvalue weighted by Gasteiger charge is 2.24. The zero-order valence-corrected chi connectivity index (χ0v) is 20.5. The van der Waals surface area contributed by atoms with Gasteiger partial charge in [0.25, 0.3) is 0 Å². The van der Waals surface area contributed by atoms with E-state index in [0.717, 1.165) is 39.3 Å². The molecule has 0 radical (unpaired) electrons. The third kappa shape index (κ3) is 7.20. The Bertz CT molecular complexity index is 1440. The van der Waals surface area contributed by atoms with Gasteiger partial charge in [-0.15, -0.1) is 10.2 Å². The monoisotopic (exact) mass is 513 g/mol. The summed E-state index contributed by atoms with van der Waals surface area (Å²) in [4.78, 5) is 4.33. The highest BCUT2D eigenvalue weighted by Crippen LogP contribution is 2.31.